The van der Waals surface area contributed by atoms with Crippen LogP contribution >= 0.6 is 0 Å². The van der Waals surface area contributed by atoms with Gasteiger partial charge in [-0.25, -0.2) is 0 Å². The SMILES string of the molecule is CCCN[Si](C)(C)O[SiH](C)C. The number of rotatable bonds is 5. The zero-order valence-corrected chi connectivity index (χ0v) is 10.6. The molecule has 0 spiro atoms. The maximum Gasteiger partial charge on any atom is 0.251 e. The third kappa shape index (κ3) is 6.74. The molecule has 0 aromatic rings. The lowest BCUT2D eigenvalue weighted by atomic mass is 10.5. The highest BCUT2D eigenvalue weighted by molar-refractivity contribution is 6.75. The second-order valence-electron chi connectivity index (χ2n) is 3.60. The van der Waals surface area contributed by atoms with E-state index >= 15 is 0 Å². The summed E-state index contributed by atoms with van der Waals surface area (Å²) in [6, 6.07) is 0. The van der Waals surface area contributed by atoms with E-state index in [0.717, 1.165) is 6.54 Å². The highest BCUT2D eigenvalue weighted by atomic mass is 28.4. The number of nitrogens with one attached hydrogen (secondary N) is 1. The van der Waals surface area contributed by atoms with Crippen molar-refractivity contribution in [2.24, 2.45) is 0 Å². The molecule has 0 saturated heterocycles. The summed E-state index contributed by atoms with van der Waals surface area (Å²) in [7, 11) is -2.31. The van der Waals surface area contributed by atoms with Crippen molar-refractivity contribution in [2.75, 3.05) is 6.54 Å². The van der Waals surface area contributed by atoms with Crippen LogP contribution in [0.15, 0.2) is 0 Å². The van der Waals surface area contributed by atoms with Gasteiger partial charge in [-0.15, -0.1) is 0 Å². The fraction of sp³-hybridized carbons (Fsp3) is 1.00. The molecule has 0 radical (unpaired) electrons. The third-order valence-electron chi connectivity index (χ3n) is 1.33. The molecule has 0 amide bonds. The average Bonchev–Trinajstić information content (AvgIpc) is 1.81. The normalized spacial score (nSPS) is 12.5. The predicted molar refractivity (Wildman–Crippen MR) is 55.7 cm³/mol. The smallest absolute Gasteiger partial charge is 0.251 e. The zero-order chi connectivity index (χ0) is 8.91. The minimum absolute atomic E-state index is 0.839. The van der Waals surface area contributed by atoms with Gasteiger partial charge >= 0.3 is 0 Å². The molecule has 0 bridgehead atoms. The summed E-state index contributed by atoms with van der Waals surface area (Å²) in [6.45, 7) is 12.2. The van der Waals surface area contributed by atoms with Crippen LogP contribution in [0.4, 0.5) is 0 Å². The van der Waals surface area contributed by atoms with Crippen LogP contribution < -0.4 is 4.98 Å². The van der Waals surface area contributed by atoms with Crippen LogP contribution in [0.25, 0.3) is 0 Å². The molecule has 0 aliphatic carbocycles. The monoisotopic (exact) mass is 191 g/mol. The molecule has 0 aromatic heterocycles. The molecular weight excluding hydrogens is 170 g/mol. The van der Waals surface area contributed by atoms with Gasteiger partial charge in [0.1, 0.15) is 0 Å². The Kier molecular flexibility index (Phi) is 5.24. The van der Waals surface area contributed by atoms with Gasteiger partial charge in [0.05, 0.1) is 0 Å². The summed E-state index contributed by atoms with van der Waals surface area (Å²) in [5.41, 5.74) is 0. The van der Waals surface area contributed by atoms with Crippen molar-refractivity contribution in [1.82, 2.24) is 4.98 Å². The van der Waals surface area contributed by atoms with Gasteiger partial charge in [0.15, 0.2) is 9.04 Å². The Balaban J connectivity index is 3.61. The zero-order valence-electron chi connectivity index (χ0n) is 8.40. The van der Waals surface area contributed by atoms with Crippen LogP contribution in [0.2, 0.25) is 26.2 Å². The number of hydrogen-bond donors (Lipinski definition) is 1. The highest BCUT2D eigenvalue weighted by Gasteiger charge is 2.22. The predicted octanol–water partition coefficient (Wildman–Crippen LogP) is 1.69. The minimum Gasteiger partial charge on any atom is -0.447 e. The van der Waals surface area contributed by atoms with Crippen molar-refractivity contribution in [3.05, 3.63) is 0 Å². The summed E-state index contributed by atoms with van der Waals surface area (Å²) in [6.07, 6.45) is 1.19. The van der Waals surface area contributed by atoms with Crippen LogP contribution in [0.1, 0.15) is 13.3 Å². The van der Waals surface area contributed by atoms with Crippen LogP contribution in [0.5, 0.6) is 0 Å². The molecule has 2 nitrogen and oxygen atoms in total. The third-order valence-corrected chi connectivity index (χ3v) is 6.68. The molecule has 1 N–H and O–H groups in total. The minimum atomic E-state index is -1.48. The van der Waals surface area contributed by atoms with Crippen molar-refractivity contribution < 1.29 is 4.12 Å². The molecule has 0 fully saturated rings. The van der Waals surface area contributed by atoms with Crippen molar-refractivity contribution in [2.45, 2.75) is 39.5 Å². The molecule has 0 heterocycles. The van der Waals surface area contributed by atoms with Crippen molar-refractivity contribution in [3.8, 4) is 0 Å². The first-order valence-corrected chi connectivity index (χ1v) is 10.1. The van der Waals surface area contributed by atoms with Crippen molar-refractivity contribution in [1.29, 1.82) is 0 Å². The van der Waals surface area contributed by atoms with E-state index in [0.29, 0.717) is 0 Å². The standard InChI is InChI=1S/C7H21NOSi2/c1-6-7-8-11(4,5)9-10(2)3/h8,10H,6-7H2,1-5H3. The molecule has 0 unspecified atom stereocenters. The maximum atomic E-state index is 5.91. The van der Waals surface area contributed by atoms with Crippen LogP contribution in [0.3, 0.4) is 0 Å². The summed E-state index contributed by atoms with van der Waals surface area (Å²) >= 11 is 0. The van der Waals surface area contributed by atoms with E-state index in [1.165, 1.54) is 6.42 Å². The Labute approximate surface area is 73.3 Å². The molecule has 0 aliphatic rings. The lowest BCUT2D eigenvalue weighted by Gasteiger charge is -2.26. The van der Waals surface area contributed by atoms with Gasteiger partial charge in [0, 0.05) is 0 Å². The molecule has 0 saturated carbocycles. The number of hydrogen-bond acceptors (Lipinski definition) is 2. The Bertz CT molecular complexity index is 107. The van der Waals surface area contributed by atoms with E-state index < -0.39 is 17.5 Å². The van der Waals surface area contributed by atoms with Crippen LogP contribution in [0, 0.1) is 0 Å². The summed E-state index contributed by atoms with van der Waals surface area (Å²) in [5.74, 6) is 0. The second-order valence-corrected chi connectivity index (χ2v) is 10.0. The van der Waals surface area contributed by atoms with Crippen LogP contribution in [-0.2, 0) is 4.12 Å². The van der Waals surface area contributed by atoms with Gasteiger partial charge in [0.25, 0.3) is 8.48 Å². The lowest BCUT2D eigenvalue weighted by molar-refractivity contribution is 0.545. The van der Waals surface area contributed by atoms with E-state index in [4.69, 9.17) is 4.12 Å². The summed E-state index contributed by atoms with van der Waals surface area (Å²) in [5, 5.41) is 0. The van der Waals surface area contributed by atoms with Gasteiger partial charge in [-0.1, -0.05) is 6.92 Å². The Morgan fingerprint density at radius 2 is 1.91 bits per heavy atom. The summed E-state index contributed by atoms with van der Waals surface area (Å²) in [4.78, 5) is 3.49. The Hall–Kier alpha value is 0.354. The van der Waals surface area contributed by atoms with Crippen LogP contribution in [-0.4, -0.2) is 24.1 Å². The van der Waals surface area contributed by atoms with Gasteiger partial charge in [-0.05, 0) is 39.2 Å². The molecule has 11 heavy (non-hydrogen) atoms. The molecule has 4 heteroatoms. The van der Waals surface area contributed by atoms with E-state index in [2.05, 4.69) is 38.1 Å². The van der Waals surface area contributed by atoms with E-state index in [1.54, 1.807) is 0 Å². The van der Waals surface area contributed by atoms with Crippen molar-refractivity contribution >= 4 is 17.5 Å². The van der Waals surface area contributed by atoms with Gasteiger partial charge in [-0.2, -0.15) is 0 Å². The van der Waals surface area contributed by atoms with E-state index in [-0.39, 0.29) is 0 Å². The second kappa shape index (κ2) is 5.08. The summed E-state index contributed by atoms with van der Waals surface area (Å²) < 4.78 is 5.91. The quantitative estimate of drug-likeness (QED) is 0.668. The molecular formula is C7H21NOSi2. The molecule has 0 atom stereocenters. The molecule has 68 valence electrons. The first-order chi connectivity index (χ1) is 4.98. The Morgan fingerprint density at radius 3 is 2.27 bits per heavy atom. The first kappa shape index (κ1) is 11.4. The highest BCUT2D eigenvalue weighted by Crippen LogP contribution is 2.01. The molecule has 0 aliphatic heterocycles. The first-order valence-electron chi connectivity index (χ1n) is 4.41. The average molecular weight is 191 g/mol. The maximum absolute atomic E-state index is 5.91. The molecule has 0 aromatic carbocycles. The fourth-order valence-corrected chi connectivity index (χ4v) is 6.96. The van der Waals surface area contributed by atoms with Gasteiger partial charge in [0.2, 0.25) is 0 Å². The molecule has 0 rings (SSSR count). The fourth-order valence-electron chi connectivity index (χ4n) is 1.06. The van der Waals surface area contributed by atoms with Gasteiger partial charge < -0.3 is 9.10 Å². The van der Waals surface area contributed by atoms with E-state index in [9.17, 15) is 0 Å². The van der Waals surface area contributed by atoms with E-state index in [1.807, 2.05) is 0 Å². The largest absolute Gasteiger partial charge is 0.447 e. The van der Waals surface area contributed by atoms with Crippen molar-refractivity contribution in [3.63, 3.8) is 0 Å². The Morgan fingerprint density at radius 1 is 1.36 bits per heavy atom. The van der Waals surface area contributed by atoms with Gasteiger partial charge in [-0.3, -0.25) is 0 Å². The lowest BCUT2D eigenvalue weighted by Crippen LogP contribution is -2.50. The topological polar surface area (TPSA) is 21.3 Å².